The van der Waals surface area contributed by atoms with Crippen LogP contribution in [0.4, 0.5) is 22.0 Å². The average molecular weight is 600 g/mol. The molecule has 41 heavy (non-hydrogen) atoms. The zero-order valence-corrected chi connectivity index (χ0v) is 22.5. The van der Waals surface area contributed by atoms with Crippen LogP contribution in [0.15, 0.2) is 66.7 Å². The minimum Gasteiger partial charge on any atom is -0.481 e. The number of carboxylic acids is 1. The summed E-state index contributed by atoms with van der Waals surface area (Å²) in [5.41, 5.74) is 0.392. The second-order valence-corrected chi connectivity index (χ2v) is 9.48. The van der Waals surface area contributed by atoms with E-state index in [1.807, 2.05) is 6.92 Å². The van der Waals surface area contributed by atoms with E-state index in [0.29, 0.717) is 35.1 Å². The summed E-state index contributed by atoms with van der Waals surface area (Å²) in [4.78, 5) is 23.1. The first-order valence-electron chi connectivity index (χ1n) is 12.6. The third-order valence-electron chi connectivity index (χ3n) is 6.13. The van der Waals surface area contributed by atoms with Crippen molar-refractivity contribution in [2.75, 3.05) is 6.54 Å². The molecule has 0 saturated heterocycles. The molecular weight excluding hydrogens is 573 g/mol. The van der Waals surface area contributed by atoms with Crippen LogP contribution >= 0.6 is 11.6 Å². The Hall–Kier alpha value is -3.86. The van der Waals surface area contributed by atoms with E-state index in [9.17, 15) is 31.5 Å². The van der Waals surface area contributed by atoms with E-state index in [1.54, 1.807) is 48.5 Å². The fourth-order valence-electron chi connectivity index (χ4n) is 4.21. The first-order valence-corrected chi connectivity index (χ1v) is 12.9. The number of nitrogens with one attached hydrogen (secondary N) is 1. The zero-order chi connectivity index (χ0) is 30.2. The van der Waals surface area contributed by atoms with Crippen LogP contribution in [0.1, 0.15) is 65.3 Å². The second kappa shape index (κ2) is 14.2. The van der Waals surface area contributed by atoms with Gasteiger partial charge in [0.2, 0.25) is 0 Å². The van der Waals surface area contributed by atoms with E-state index in [0.717, 1.165) is 12.1 Å². The maximum absolute atomic E-state index is 13.3. The Morgan fingerprint density at radius 2 is 1.56 bits per heavy atom. The maximum Gasteiger partial charge on any atom is 0.416 e. The Morgan fingerprint density at radius 3 is 2.12 bits per heavy atom. The van der Waals surface area contributed by atoms with E-state index < -0.39 is 48.0 Å². The molecule has 2 atom stereocenters. The van der Waals surface area contributed by atoms with E-state index in [2.05, 4.69) is 10.1 Å². The second-order valence-electron chi connectivity index (χ2n) is 9.04. The highest BCUT2D eigenvalue weighted by Gasteiger charge is 2.33. The van der Waals surface area contributed by atoms with Crippen molar-refractivity contribution in [2.24, 2.45) is 0 Å². The first kappa shape index (κ1) is 31.7. The maximum atomic E-state index is 13.3. The molecule has 3 rings (SSSR count). The Labute approximate surface area is 238 Å². The Morgan fingerprint density at radius 1 is 0.927 bits per heavy atom. The number of hydrogen-bond acceptors (Lipinski definition) is 4. The number of carboxylic acid groups (broad SMARTS) is 1. The van der Waals surface area contributed by atoms with Gasteiger partial charge in [-0.2, -0.15) is 22.0 Å². The predicted molar refractivity (Wildman–Crippen MR) is 142 cm³/mol. The number of halogens is 6. The van der Waals surface area contributed by atoms with Crippen molar-refractivity contribution in [3.8, 4) is 11.5 Å². The van der Waals surface area contributed by atoms with Crippen molar-refractivity contribution < 1.29 is 46.1 Å². The van der Waals surface area contributed by atoms with Gasteiger partial charge in [-0.1, -0.05) is 49.2 Å². The third-order valence-corrected chi connectivity index (χ3v) is 6.38. The molecule has 0 aliphatic carbocycles. The minimum atomic E-state index is -4.79. The number of amides is 1. The molecule has 220 valence electrons. The Balaban J connectivity index is 2.01. The van der Waals surface area contributed by atoms with Crippen LogP contribution in [0, 0.1) is 0 Å². The molecule has 0 spiro atoms. The summed E-state index contributed by atoms with van der Waals surface area (Å²) in [6, 6.07) is 15.1. The molecule has 3 aromatic rings. The van der Waals surface area contributed by atoms with Gasteiger partial charge >= 0.3 is 18.8 Å². The van der Waals surface area contributed by atoms with E-state index in [1.165, 1.54) is 0 Å². The summed E-state index contributed by atoms with van der Waals surface area (Å²) in [6.45, 7) is -1.52. The lowest BCUT2D eigenvalue weighted by atomic mass is 9.85. The number of alkyl halides is 5. The number of aliphatic carboxylic acids is 1. The van der Waals surface area contributed by atoms with Gasteiger partial charge in [0.15, 0.2) is 11.5 Å². The number of carbonyl (C=O) groups is 2. The lowest BCUT2D eigenvalue weighted by molar-refractivity contribution is -0.138. The van der Waals surface area contributed by atoms with E-state index in [4.69, 9.17) is 21.4 Å². The molecule has 12 heteroatoms. The number of rotatable bonds is 13. The van der Waals surface area contributed by atoms with Gasteiger partial charge in [0.05, 0.1) is 12.0 Å². The highest BCUT2D eigenvalue weighted by atomic mass is 35.5. The van der Waals surface area contributed by atoms with Crippen molar-refractivity contribution >= 4 is 23.5 Å². The molecular formula is C29H27ClF5NO5. The van der Waals surface area contributed by atoms with Crippen LogP contribution in [-0.4, -0.2) is 30.1 Å². The van der Waals surface area contributed by atoms with Crippen LogP contribution in [0.2, 0.25) is 5.02 Å². The standard InChI is InChI=1S/C29H27ClF5NO5/c1-2-3-22(17-4-6-19(7-5-17)27(39)36-15-14-25(37)38)26(18-8-11-21(30)12-9-18)40-23-13-10-20(29(33,34)35)16-24(23)41-28(31)32/h4-13,16,22,26,28H,2-3,14-15H2,1H3,(H,36,39)(H,37,38)/t22-,26+/m1/s1. The van der Waals surface area contributed by atoms with Crippen molar-refractivity contribution in [3.05, 3.63) is 94.0 Å². The predicted octanol–water partition coefficient (Wildman–Crippen LogP) is 7.87. The fraction of sp³-hybridized carbons (Fsp3) is 0.310. The molecule has 0 aliphatic rings. The topological polar surface area (TPSA) is 84.9 Å². The van der Waals surface area contributed by atoms with Crippen molar-refractivity contribution in [3.63, 3.8) is 0 Å². The van der Waals surface area contributed by atoms with E-state index >= 15 is 0 Å². The molecule has 6 nitrogen and oxygen atoms in total. The molecule has 0 radical (unpaired) electrons. The first-order chi connectivity index (χ1) is 19.4. The largest absolute Gasteiger partial charge is 0.481 e. The number of carbonyl (C=O) groups excluding carboxylic acids is 1. The molecule has 1 amide bonds. The summed E-state index contributed by atoms with van der Waals surface area (Å²) < 4.78 is 76.8. The summed E-state index contributed by atoms with van der Waals surface area (Å²) in [6.07, 6.45) is -4.73. The lowest BCUT2D eigenvalue weighted by Crippen LogP contribution is -2.26. The van der Waals surface area contributed by atoms with Crippen LogP contribution in [0.3, 0.4) is 0 Å². The van der Waals surface area contributed by atoms with Crippen LogP contribution in [0.25, 0.3) is 0 Å². The SMILES string of the molecule is CCC[C@H](c1ccc(C(=O)NCCC(=O)O)cc1)[C@@H](Oc1ccc(C(F)(F)F)cc1OC(F)F)c1ccc(Cl)cc1. The average Bonchev–Trinajstić information content (AvgIpc) is 2.91. The summed E-state index contributed by atoms with van der Waals surface area (Å²) in [5, 5.41) is 11.7. The monoisotopic (exact) mass is 599 g/mol. The smallest absolute Gasteiger partial charge is 0.416 e. The molecule has 0 aliphatic heterocycles. The van der Waals surface area contributed by atoms with Crippen LogP contribution < -0.4 is 14.8 Å². The van der Waals surface area contributed by atoms with Gasteiger partial charge in [0, 0.05) is 23.0 Å². The Kier molecular flexibility index (Phi) is 10.9. The highest BCUT2D eigenvalue weighted by Crippen LogP contribution is 2.43. The molecule has 2 N–H and O–H groups in total. The quantitative estimate of drug-likeness (QED) is 0.195. The van der Waals surface area contributed by atoms with Crippen molar-refractivity contribution in [1.29, 1.82) is 0 Å². The van der Waals surface area contributed by atoms with Gasteiger partial charge in [-0.15, -0.1) is 0 Å². The summed E-state index contributed by atoms with van der Waals surface area (Å²) in [7, 11) is 0. The van der Waals surface area contributed by atoms with Gasteiger partial charge < -0.3 is 19.9 Å². The lowest BCUT2D eigenvalue weighted by Gasteiger charge is -2.30. The van der Waals surface area contributed by atoms with Crippen molar-refractivity contribution in [2.45, 2.75) is 51.0 Å². The van der Waals surface area contributed by atoms with Gasteiger partial charge in [-0.05, 0) is 60.0 Å². The number of benzene rings is 3. The van der Waals surface area contributed by atoms with E-state index in [-0.39, 0.29) is 24.3 Å². The molecule has 0 unspecified atom stereocenters. The van der Waals surface area contributed by atoms with Crippen molar-refractivity contribution in [1.82, 2.24) is 5.32 Å². The molecule has 0 saturated carbocycles. The molecule has 0 fully saturated rings. The molecule has 0 bridgehead atoms. The Bertz CT molecular complexity index is 1320. The normalized spacial score (nSPS) is 13.0. The highest BCUT2D eigenvalue weighted by molar-refractivity contribution is 6.30. The molecule has 0 heterocycles. The van der Waals surface area contributed by atoms with Gasteiger partial charge in [0.1, 0.15) is 6.10 Å². The van der Waals surface area contributed by atoms with Crippen LogP contribution in [-0.2, 0) is 11.0 Å². The number of ether oxygens (including phenoxy) is 2. The molecule has 0 aromatic heterocycles. The van der Waals surface area contributed by atoms with Crippen LogP contribution in [0.5, 0.6) is 11.5 Å². The molecule has 3 aromatic carbocycles. The minimum absolute atomic E-state index is 0.0446. The summed E-state index contributed by atoms with van der Waals surface area (Å²) >= 11 is 6.06. The third kappa shape index (κ3) is 9.07. The zero-order valence-electron chi connectivity index (χ0n) is 21.8. The number of hydrogen-bond donors (Lipinski definition) is 2. The van der Waals surface area contributed by atoms with Gasteiger partial charge in [-0.3, -0.25) is 9.59 Å². The fourth-order valence-corrected chi connectivity index (χ4v) is 4.34. The van der Waals surface area contributed by atoms with Gasteiger partial charge in [-0.25, -0.2) is 0 Å². The van der Waals surface area contributed by atoms with Gasteiger partial charge in [0.25, 0.3) is 5.91 Å². The summed E-state index contributed by atoms with van der Waals surface area (Å²) in [5.74, 6) is -3.03.